The standard InChI is InChI=1S/C10H11N7O5/c1-14-9(8(5-12-14)17(21)22)10(18)11-2-3-15-6-7(4-13-15)16(19)20/h4-6H,2-3H2,1H3,(H,11,18). The molecular weight excluding hydrogens is 298 g/mol. The Hall–Kier alpha value is -3.31. The summed E-state index contributed by atoms with van der Waals surface area (Å²) < 4.78 is 2.39. The molecule has 0 atom stereocenters. The number of hydrogen-bond acceptors (Lipinski definition) is 7. The summed E-state index contributed by atoms with van der Waals surface area (Å²) in [5.41, 5.74) is -0.722. The number of carbonyl (C=O) groups excluding carboxylic acids is 1. The number of amides is 1. The Kier molecular flexibility index (Phi) is 4.11. The SMILES string of the molecule is Cn1ncc([N+](=O)[O-])c1C(=O)NCCn1cc([N+](=O)[O-])cn1. The third-order valence-electron chi connectivity index (χ3n) is 2.79. The fourth-order valence-corrected chi connectivity index (χ4v) is 1.76. The van der Waals surface area contributed by atoms with Crippen molar-refractivity contribution < 1.29 is 14.6 Å². The molecule has 0 aromatic carbocycles. The number of hydrogen-bond donors (Lipinski definition) is 1. The Morgan fingerprint density at radius 1 is 1.27 bits per heavy atom. The first-order valence-electron chi connectivity index (χ1n) is 6.01. The molecule has 0 aliphatic heterocycles. The van der Waals surface area contributed by atoms with Gasteiger partial charge in [-0.2, -0.15) is 10.2 Å². The molecule has 0 radical (unpaired) electrons. The van der Waals surface area contributed by atoms with Crippen molar-refractivity contribution in [2.24, 2.45) is 7.05 Å². The number of nitrogens with one attached hydrogen (secondary N) is 1. The Labute approximate surface area is 122 Å². The van der Waals surface area contributed by atoms with Crippen molar-refractivity contribution in [2.75, 3.05) is 6.54 Å². The van der Waals surface area contributed by atoms with Crippen LogP contribution in [0.3, 0.4) is 0 Å². The van der Waals surface area contributed by atoms with Gasteiger partial charge in [0.2, 0.25) is 5.69 Å². The van der Waals surface area contributed by atoms with Crippen molar-refractivity contribution in [3.05, 3.63) is 44.5 Å². The van der Waals surface area contributed by atoms with Crippen LogP contribution >= 0.6 is 0 Å². The van der Waals surface area contributed by atoms with Gasteiger partial charge in [0.15, 0.2) is 0 Å². The van der Waals surface area contributed by atoms with E-state index in [1.165, 1.54) is 17.9 Å². The van der Waals surface area contributed by atoms with Crippen LogP contribution in [0.25, 0.3) is 0 Å². The second kappa shape index (κ2) is 5.99. The zero-order chi connectivity index (χ0) is 16.3. The van der Waals surface area contributed by atoms with Crippen LogP contribution < -0.4 is 5.32 Å². The molecule has 0 unspecified atom stereocenters. The molecule has 0 saturated carbocycles. The maximum atomic E-state index is 11.9. The fraction of sp³-hybridized carbons (Fsp3) is 0.300. The normalized spacial score (nSPS) is 10.4. The molecule has 0 spiro atoms. The lowest BCUT2D eigenvalue weighted by molar-refractivity contribution is -0.385. The summed E-state index contributed by atoms with van der Waals surface area (Å²) in [5.74, 6) is -0.659. The Bertz CT molecular complexity index is 734. The van der Waals surface area contributed by atoms with Crippen LogP contribution in [0.2, 0.25) is 0 Å². The Morgan fingerprint density at radius 2 is 2.00 bits per heavy atom. The summed E-state index contributed by atoms with van der Waals surface area (Å²) in [6, 6.07) is 0. The number of aryl methyl sites for hydroxylation is 1. The van der Waals surface area contributed by atoms with Gasteiger partial charge >= 0.3 is 11.4 Å². The monoisotopic (exact) mass is 309 g/mol. The van der Waals surface area contributed by atoms with Gasteiger partial charge < -0.3 is 5.32 Å². The zero-order valence-electron chi connectivity index (χ0n) is 11.4. The van der Waals surface area contributed by atoms with E-state index in [2.05, 4.69) is 15.5 Å². The molecule has 22 heavy (non-hydrogen) atoms. The fourth-order valence-electron chi connectivity index (χ4n) is 1.76. The van der Waals surface area contributed by atoms with Crippen molar-refractivity contribution in [2.45, 2.75) is 6.54 Å². The lowest BCUT2D eigenvalue weighted by Crippen LogP contribution is -2.29. The number of carbonyl (C=O) groups is 1. The second-order valence-corrected chi connectivity index (χ2v) is 4.23. The molecule has 1 amide bonds. The van der Waals surface area contributed by atoms with Crippen molar-refractivity contribution in [3.63, 3.8) is 0 Å². The first-order chi connectivity index (χ1) is 10.4. The zero-order valence-corrected chi connectivity index (χ0v) is 11.4. The van der Waals surface area contributed by atoms with E-state index in [0.717, 1.165) is 17.1 Å². The molecule has 1 N–H and O–H groups in total. The van der Waals surface area contributed by atoms with Crippen LogP contribution in [0.1, 0.15) is 10.5 Å². The summed E-state index contributed by atoms with van der Waals surface area (Å²) in [4.78, 5) is 32.0. The van der Waals surface area contributed by atoms with Crippen LogP contribution in [0.5, 0.6) is 0 Å². The molecule has 0 fully saturated rings. The third-order valence-corrected chi connectivity index (χ3v) is 2.79. The molecule has 2 rings (SSSR count). The molecular formula is C10H11N7O5. The van der Waals surface area contributed by atoms with Crippen molar-refractivity contribution in [1.29, 1.82) is 0 Å². The van der Waals surface area contributed by atoms with Gasteiger partial charge in [-0.25, -0.2) is 0 Å². The average Bonchev–Trinajstić information content (AvgIpc) is 3.05. The Balaban J connectivity index is 1.97. The minimum absolute atomic E-state index is 0.0972. The third kappa shape index (κ3) is 3.05. The maximum absolute atomic E-state index is 11.9. The van der Waals surface area contributed by atoms with Crippen molar-refractivity contribution >= 4 is 17.3 Å². The average molecular weight is 309 g/mol. The van der Waals surface area contributed by atoms with Gasteiger partial charge in [0, 0.05) is 13.6 Å². The predicted octanol–water partition coefficient (Wildman–Crippen LogP) is -0.137. The van der Waals surface area contributed by atoms with E-state index in [-0.39, 0.29) is 24.5 Å². The minimum Gasteiger partial charge on any atom is -0.349 e. The van der Waals surface area contributed by atoms with Crippen molar-refractivity contribution in [3.8, 4) is 0 Å². The van der Waals surface area contributed by atoms with Gasteiger partial charge in [-0.1, -0.05) is 0 Å². The van der Waals surface area contributed by atoms with E-state index in [4.69, 9.17) is 0 Å². The number of nitrogens with zero attached hydrogens (tertiary/aromatic N) is 6. The molecule has 116 valence electrons. The van der Waals surface area contributed by atoms with E-state index in [9.17, 15) is 25.0 Å². The lowest BCUT2D eigenvalue weighted by atomic mass is 10.3. The highest BCUT2D eigenvalue weighted by molar-refractivity contribution is 5.96. The highest BCUT2D eigenvalue weighted by Gasteiger charge is 2.25. The van der Waals surface area contributed by atoms with E-state index < -0.39 is 21.4 Å². The molecule has 12 heteroatoms. The summed E-state index contributed by atoms with van der Waals surface area (Å²) >= 11 is 0. The van der Waals surface area contributed by atoms with E-state index in [0.29, 0.717) is 0 Å². The smallest absolute Gasteiger partial charge is 0.320 e. The molecule has 2 aromatic heterocycles. The summed E-state index contributed by atoms with van der Waals surface area (Å²) in [6.07, 6.45) is 3.30. The van der Waals surface area contributed by atoms with Gasteiger partial charge in [-0.05, 0) is 0 Å². The van der Waals surface area contributed by atoms with E-state index in [1.54, 1.807) is 0 Å². The van der Waals surface area contributed by atoms with Crippen LogP contribution in [-0.2, 0) is 13.6 Å². The summed E-state index contributed by atoms with van der Waals surface area (Å²) in [7, 11) is 1.42. The summed E-state index contributed by atoms with van der Waals surface area (Å²) in [6.45, 7) is 0.283. The molecule has 2 heterocycles. The topological polar surface area (TPSA) is 151 Å². The summed E-state index contributed by atoms with van der Waals surface area (Å²) in [5, 5.41) is 31.2. The number of aromatic nitrogens is 4. The molecule has 0 bridgehead atoms. The van der Waals surface area contributed by atoms with Gasteiger partial charge in [0.1, 0.15) is 18.6 Å². The highest BCUT2D eigenvalue weighted by Crippen LogP contribution is 2.16. The van der Waals surface area contributed by atoms with E-state index >= 15 is 0 Å². The van der Waals surface area contributed by atoms with Gasteiger partial charge in [-0.15, -0.1) is 0 Å². The van der Waals surface area contributed by atoms with Crippen LogP contribution in [0.4, 0.5) is 11.4 Å². The lowest BCUT2D eigenvalue weighted by Gasteiger charge is -2.05. The Morgan fingerprint density at radius 3 is 2.59 bits per heavy atom. The quantitative estimate of drug-likeness (QED) is 0.576. The van der Waals surface area contributed by atoms with Crippen LogP contribution in [0, 0.1) is 20.2 Å². The van der Waals surface area contributed by atoms with Crippen LogP contribution in [0.15, 0.2) is 18.6 Å². The first-order valence-corrected chi connectivity index (χ1v) is 6.01. The molecule has 12 nitrogen and oxygen atoms in total. The van der Waals surface area contributed by atoms with Crippen molar-refractivity contribution in [1.82, 2.24) is 24.9 Å². The second-order valence-electron chi connectivity index (χ2n) is 4.23. The number of nitro groups is 2. The first kappa shape index (κ1) is 15.1. The van der Waals surface area contributed by atoms with E-state index in [1.807, 2.05) is 0 Å². The molecule has 0 aliphatic carbocycles. The molecule has 0 aliphatic rings. The molecule has 2 aromatic rings. The van der Waals surface area contributed by atoms with Gasteiger partial charge in [0.05, 0.1) is 16.4 Å². The predicted molar refractivity (Wildman–Crippen MR) is 71.1 cm³/mol. The van der Waals surface area contributed by atoms with Crippen LogP contribution in [-0.4, -0.2) is 41.9 Å². The molecule has 0 saturated heterocycles. The largest absolute Gasteiger partial charge is 0.349 e. The van der Waals surface area contributed by atoms with Gasteiger partial charge in [0.25, 0.3) is 5.91 Å². The minimum atomic E-state index is -0.696. The van der Waals surface area contributed by atoms with Gasteiger partial charge in [-0.3, -0.25) is 34.4 Å². The number of rotatable bonds is 6. The maximum Gasteiger partial charge on any atom is 0.320 e. The highest BCUT2D eigenvalue weighted by atomic mass is 16.6.